The van der Waals surface area contributed by atoms with E-state index in [0.717, 1.165) is 6.16 Å². The van der Waals surface area contributed by atoms with Crippen molar-refractivity contribution in [3.8, 4) is 0 Å². The quantitative estimate of drug-likeness (QED) is 0.222. The van der Waals surface area contributed by atoms with Crippen LogP contribution >= 0.6 is 20.8 Å². The molecule has 0 saturated carbocycles. The van der Waals surface area contributed by atoms with Crippen molar-refractivity contribution in [3.05, 3.63) is 127 Å². The van der Waals surface area contributed by atoms with Gasteiger partial charge in [0.05, 0.1) is 0 Å². The Hall–Kier alpha value is -2.25. The third-order valence-electron chi connectivity index (χ3n) is 5.65. The van der Waals surface area contributed by atoms with E-state index in [1.165, 1.54) is 21.5 Å². The first kappa shape index (κ1) is 21.0. The molecule has 0 aromatic heterocycles. The Morgan fingerprint density at radius 1 is 0.533 bits per heavy atom. The van der Waals surface area contributed by atoms with Gasteiger partial charge in [0.1, 0.15) is 0 Å². The number of hydrogen-bond donors (Lipinski definition) is 0. The molecular weight excluding hydrogens is 451 g/mol. The van der Waals surface area contributed by atoms with Gasteiger partial charge in [-0.3, -0.25) is 0 Å². The Morgan fingerprint density at radius 2 is 0.900 bits per heavy atom. The molecule has 1 nitrogen and oxygen atoms in total. The summed E-state index contributed by atoms with van der Waals surface area (Å²) in [6, 6.07) is 42.9. The Morgan fingerprint density at radius 3 is 1.30 bits per heavy atom. The predicted molar refractivity (Wildman–Crippen MR) is 135 cm³/mol. The van der Waals surface area contributed by atoms with Crippen molar-refractivity contribution in [1.82, 2.24) is 0 Å². The van der Waals surface area contributed by atoms with Crippen LogP contribution in [-0.2, 0) is 11.3 Å². The van der Waals surface area contributed by atoms with E-state index >= 15 is 0 Å². The summed E-state index contributed by atoms with van der Waals surface area (Å²) < 4.78 is 6.21. The topological polar surface area (TPSA) is 9.23 Å². The van der Waals surface area contributed by atoms with Crippen LogP contribution in [0.5, 0.6) is 0 Å². The van der Waals surface area contributed by atoms with Crippen LogP contribution in [0, 0.1) is 0 Å². The van der Waals surface area contributed by atoms with E-state index in [0.29, 0.717) is 13.2 Å². The van der Waals surface area contributed by atoms with Gasteiger partial charge in [-0.1, -0.05) is 0 Å². The van der Waals surface area contributed by atoms with Crippen LogP contribution in [-0.4, -0.2) is 12.8 Å². The van der Waals surface area contributed by atoms with Crippen LogP contribution < -0.4 is 15.9 Å². The van der Waals surface area contributed by atoms with E-state index in [4.69, 9.17) is 4.74 Å². The zero-order chi connectivity index (χ0) is 20.7. The molecule has 4 aromatic rings. The van der Waals surface area contributed by atoms with Gasteiger partial charge in [0.2, 0.25) is 0 Å². The Bertz CT molecular complexity index is 954. The van der Waals surface area contributed by atoms with Gasteiger partial charge in [-0.25, -0.2) is 0 Å². The van der Waals surface area contributed by atoms with Crippen molar-refractivity contribution in [3.63, 3.8) is 0 Å². The molecule has 0 bridgehead atoms. The molecule has 0 spiro atoms. The average molecular weight is 477 g/mol. The zero-order valence-electron chi connectivity index (χ0n) is 16.9. The second-order valence-corrected chi connectivity index (χ2v) is 16.5. The molecule has 0 radical (unpaired) electrons. The molecule has 3 heteroatoms. The van der Waals surface area contributed by atoms with Gasteiger partial charge in [0.15, 0.2) is 0 Å². The number of ether oxygens (including phenoxy) is 1. The molecular formula is C27H26BrOP. The first-order chi connectivity index (χ1) is 14.7. The zero-order valence-corrected chi connectivity index (χ0v) is 19.4. The first-order valence-corrected chi connectivity index (χ1v) is 14.7. The second kappa shape index (κ2) is 9.27. The molecule has 0 heterocycles. The van der Waals surface area contributed by atoms with E-state index < -0.39 is 5.31 Å². The molecule has 0 N–H and O–H groups in total. The van der Waals surface area contributed by atoms with E-state index in [-0.39, 0.29) is 0 Å². The maximum absolute atomic E-state index is 6.21. The molecule has 0 aliphatic carbocycles. The van der Waals surface area contributed by atoms with Crippen LogP contribution in [0.4, 0.5) is 0 Å². The first-order valence-electron chi connectivity index (χ1n) is 10.2. The average Bonchev–Trinajstić information content (AvgIpc) is 2.84. The Labute approximate surface area is 187 Å². The van der Waals surface area contributed by atoms with Crippen LogP contribution in [0.3, 0.4) is 0 Å². The van der Waals surface area contributed by atoms with Gasteiger partial charge < -0.3 is 0 Å². The number of halogens is 1. The van der Waals surface area contributed by atoms with Gasteiger partial charge in [-0.05, 0) is 0 Å². The molecule has 152 valence electrons. The molecule has 0 atom stereocenters. The standard InChI is InChI=1S/C27H26BrOP/c28-30(25-15-7-2-8-16-25,26-17-9-3-10-18-26,27-19-11-4-12-20-27)22-21-29-23-24-13-5-1-6-14-24/h1-20H,21-23H2. The van der Waals surface area contributed by atoms with Gasteiger partial charge in [0, 0.05) is 0 Å². The number of rotatable bonds is 8. The van der Waals surface area contributed by atoms with Gasteiger partial charge in [-0.2, -0.15) is 0 Å². The summed E-state index contributed by atoms with van der Waals surface area (Å²) in [5, 5.41) is 1.08. The normalized spacial score (nSPS) is 12.8. The van der Waals surface area contributed by atoms with E-state index in [2.05, 4.69) is 131 Å². The summed E-state index contributed by atoms with van der Waals surface area (Å²) in [6.07, 6.45) is 0.885. The molecule has 0 amide bonds. The fraction of sp³-hybridized carbons (Fsp3) is 0.111. The van der Waals surface area contributed by atoms with Crippen molar-refractivity contribution in [2.75, 3.05) is 12.8 Å². The molecule has 4 aromatic carbocycles. The minimum atomic E-state index is -2.89. The van der Waals surface area contributed by atoms with Crippen molar-refractivity contribution in [1.29, 1.82) is 0 Å². The van der Waals surface area contributed by atoms with Crippen LogP contribution in [0.1, 0.15) is 5.56 Å². The summed E-state index contributed by atoms with van der Waals surface area (Å²) in [5.41, 5.74) is 1.20. The summed E-state index contributed by atoms with van der Waals surface area (Å²) in [5.74, 6) is 0. The van der Waals surface area contributed by atoms with Gasteiger partial charge in [-0.15, -0.1) is 0 Å². The monoisotopic (exact) mass is 476 g/mol. The van der Waals surface area contributed by atoms with E-state index in [1.54, 1.807) is 0 Å². The fourth-order valence-electron chi connectivity index (χ4n) is 4.05. The molecule has 4 rings (SSSR count). The second-order valence-electron chi connectivity index (χ2n) is 7.45. The Kier molecular flexibility index (Phi) is 6.49. The van der Waals surface area contributed by atoms with Crippen molar-refractivity contribution >= 4 is 36.7 Å². The van der Waals surface area contributed by atoms with Crippen LogP contribution in [0.25, 0.3) is 0 Å². The molecule has 0 aliphatic heterocycles. The van der Waals surface area contributed by atoms with Crippen molar-refractivity contribution in [2.45, 2.75) is 6.61 Å². The number of hydrogen-bond acceptors (Lipinski definition) is 1. The van der Waals surface area contributed by atoms with E-state index in [1.807, 2.05) is 6.07 Å². The van der Waals surface area contributed by atoms with Crippen molar-refractivity contribution in [2.24, 2.45) is 0 Å². The van der Waals surface area contributed by atoms with Crippen LogP contribution in [0.2, 0.25) is 0 Å². The molecule has 0 saturated heterocycles. The molecule has 30 heavy (non-hydrogen) atoms. The summed E-state index contributed by atoms with van der Waals surface area (Å²) in [6.45, 7) is 1.29. The summed E-state index contributed by atoms with van der Waals surface area (Å²) >= 11 is 4.45. The van der Waals surface area contributed by atoms with Gasteiger partial charge in [0.25, 0.3) is 0 Å². The van der Waals surface area contributed by atoms with Gasteiger partial charge >= 0.3 is 188 Å². The summed E-state index contributed by atoms with van der Waals surface area (Å²) in [7, 11) is 0. The SMILES string of the molecule is BrP(CCOCc1ccccc1)(c1ccccc1)(c1ccccc1)c1ccccc1. The molecule has 0 fully saturated rings. The Balaban J connectivity index is 1.77. The maximum atomic E-state index is 6.21. The number of benzene rings is 4. The third-order valence-corrected chi connectivity index (χ3v) is 15.5. The minimum absolute atomic E-state index is 0.624. The molecule has 0 unspecified atom stereocenters. The third kappa shape index (κ3) is 4.01. The molecule has 0 aliphatic rings. The van der Waals surface area contributed by atoms with Crippen molar-refractivity contribution < 1.29 is 4.74 Å². The fourth-order valence-corrected chi connectivity index (χ4v) is 11.1. The summed E-state index contributed by atoms with van der Waals surface area (Å²) in [4.78, 5) is 0. The van der Waals surface area contributed by atoms with E-state index in [9.17, 15) is 0 Å². The van der Waals surface area contributed by atoms with Crippen LogP contribution in [0.15, 0.2) is 121 Å². The predicted octanol–water partition coefficient (Wildman–Crippen LogP) is 6.04.